The first-order valence-corrected chi connectivity index (χ1v) is 8.82. The van der Waals surface area contributed by atoms with Crippen molar-refractivity contribution in [2.75, 3.05) is 18.0 Å². The predicted molar refractivity (Wildman–Crippen MR) is 94.7 cm³/mol. The summed E-state index contributed by atoms with van der Waals surface area (Å²) in [5.74, 6) is 1.19. The molecular weight excluding hydrogens is 338 g/mol. The molecule has 0 aromatic heterocycles. The van der Waals surface area contributed by atoms with Crippen LogP contribution < -0.4 is 9.64 Å². The van der Waals surface area contributed by atoms with Crippen molar-refractivity contribution in [1.82, 2.24) is 0 Å². The van der Waals surface area contributed by atoms with E-state index in [1.807, 2.05) is 35.2 Å². The highest BCUT2D eigenvalue weighted by molar-refractivity contribution is 5.97. The van der Waals surface area contributed by atoms with Crippen LogP contribution in [0.5, 0.6) is 5.75 Å². The molecular formula is C20H21F2N2O2+. The Hall–Kier alpha value is -2.47. The number of aliphatic hydroxyl groups is 1. The van der Waals surface area contributed by atoms with E-state index in [9.17, 15) is 13.9 Å². The molecule has 0 saturated carbocycles. The van der Waals surface area contributed by atoms with Gasteiger partial charge in [0.25, 0.3) is 11.6 Å². The summed E-state index contributed by atoms with van der Waals surface area (Å²) in [5.41, 5.74) is 0.330. The first kappa shape index (κ1) is 17.0. The van der Waals surface area contributed by atoms with E-state index in [0.29, 0.717) is 12.1 Å². The number of hydrogen-bond donors (Lipinski definition) is 1. The summed E-state index contributed by atoms with van der Waals surface area (Å²) in [6, 6.07) is 16.1. The van der Waals surface area contributed by atoms with Crippen LogP contribution in [0.4, 0.5) is 14.5 Å². The molecule has 2 aliphatic rings. The minimum atomic E-state index is -2.86. The van der Waals surface area contributed by atoms with E-state index in [2.05, 4.69) is 9.31 Å². The number of benzene rings is 2. The van der Waals surface area contributed by atoms with Crippen LogP contribution in [0.2, 0.25) is 0 Å². The smallest absolute Gasteiger partial charge is 0.387 e. The van der Waals surface area contributed by atoms with Crippen LogP contribution in [0.25, 0.3) is 0 Å². The summed E-state index contributed by atoms with van der Waals surface area (Å²) < 4.78 is 31.4. The van der Waals surface area contributed by atoms with E-state index in [4.69, 9.17) is 0 Å². The molecule has 0 fully saturated rings. The molecule has 2 heterocycles. The Morgan fingerprint density at radius 3 is 2.46 bits per heavy atom. The number of nitrogens with zero attached hydrogens (tertiary/aromatic N) is 2. The van der Waals surface area contributed by atoms with Gasteiger partial charge < -0.3 is 9.84 Å². The van der Waals surface area contributed by atoms with Crippen LogP contribution in [0.3, 0.4) is 0 Å². The van der Waals surface area contributed by atoms with E-state index in [1.165, 1.54) is 12.1 Å². The van der Waals surface area contributed by atoms with Crippen molar-refractivity contribution in [3.8, 4) is 5.75 Å². The lowest BCUT2D eigenvalue weighted by Gasteiger charge is -2.29. The average Bonchev–Trinajstić information content (AvgIpc) is 2.95. The molecule has 6 heteroatoms. The molecule has 4 rings (SSSR count). The van der Waals surface area contributed by atoms with Gasteiger partial charge in [-0.25, -0.2) is 0 Å². The summed E-state index contributed by atoms with van der Waals surface area (Å²) in [5, 5.41) is 11.7. The lowest BCUT2D eigenvalue weighted by molar-refractivity contribution is -0.538. The number of amidine groups is 1. The SMILES string of the molecule is O[C@@]1(c2ccc(OC(F)F)cc2)C[N+]2=C(CCCC2)N1c1ccccc1. The van der Waals surface area contributed by atoms with Gasteiger partial charge >= 0.3 is 6.61 Å². The normalized spacial score (nSPS) is 22.7. The lowest BCUT2D eigenvalue weighted by Crippen LogP contribution is -2.47. The molecule has 2 aromatic carbocycles. The van der Waals surface area contributed by atoms with Gasteiger partial charge in [0, 0.05) is 12.0 Å². The zero-order valence-electron chi connectivity index (χ0n) is 14.3. The summed E-state index contributed by atoms with van der Waals surface area (Å²) in [4.78, 5) is 1.98. The van der Waals surface area contributed by atoms with Gasteiger partial charge in [0.1, 0.15) is 11.4 Å². The van der Waals surface area contributed by atoms with Crippen molar-refractivity contribution in [3.05, 3.63) is 60.2 Å². The summed E-state index contributed by atoms with van der Waals surface area (Å²) >= 11 is 0. The van der Waals surface area contributed by atoms with Crippen molar-refractivity contribution in [1.29, 1.82) is 0 Å². The minimum absolute atomic E-state index is 0.0852. The zero-order chi connectivity index (χ0) is 18.1. The molecule has 136 valence electrons. The highest BCUT2D eigenvalue weighted by atomic mass is 19.3. The Morgan fingerprint density at radius 2 is 1.77 bits per heavy atom. The molecule has 0 aliphatic carbocycles. The van der Waals surface area contributed by atoms with Crippen molar-refractivity contribution in [2.45, 2.75) is 31.6 Å². The topological polar surface area (TPSA) is 35.7 Å². The number of halogens is 2. The van der Waals surface area contributed by atoms with E-state index in [0.717, 1.165) is 37.3 Å². The minimum Gasteiger partial charge on any atom is -0.435 e. The van der Waals surface area contributed by atoms with Crippen molar-refractivity contribution in [2.24, 2.45) is 0 Å². The Bertz CT molecular complexity index is 808. The average molecular weight is 359 g/mol. The maximum absolute atomic E-state index is 12.4. The Morgan fingerprint density at radius 1 is 1.04 bits per heavy atom. The predicted octanol–water partition coefficient (Wildman–Crippen LogP) is 3.55. The van der Waals surface area contributed by atoms with Crippen molar-refractivity contribution >= 4 is 11.5 Å². The molecule has 0 saturated heterocycles. The fraction of sp³-hybridized carbons (Fsp3) is 0.350. The Labute approximate surface area is 151 Å². The number of ether oxygens (including phenoxy) is 1. The lowest BCUT2D eigenvalue weighted by atomic mass is 10.0. The van der Waals surface area contributed by atoms with Crippen molar-refractivity contribution < 1.29 is 23.2 Å². The number of hydrogen-bond acceptors (Lipinski definition) is 3. The first-order chi connectivity index (χ1) is 12.6. The molecule has 26 heavy (non-hydrogen) atoms. The summed E-state index contributed by atoms with van der Waals surface area (Å²) in [6.07, 6.45) is 3.10. The fourth-order valence-electron chi connectivity index (χ4n) is 3.91. The van der Waals surface area contributed by atoms with E-state index in [-0.39, 0.29) is 5.75 Å². The van der Waals surface area contributed by atoms with Gasteiger partial charge in [0.05, 0.1) is 6.54 Å². The first-order valence-electron chi connectivity index (χ1n) is 8.82. The van der Waals surface area contributed by atoms with Gasteiger partial charge in [-0.15, -0.1) is 0 Å². The molecule has 0 spiro atoms. The Kier molecular flexibility index (Phi) is 4.36. The van der Waals surface area contributed by atoms with Gasteiger partial charge in [0.15, 0.2) is 6.54 Å². The van der Waals surface area contributed by atoms with E-state index in [1.54, 1.807) is 12.1 Å². The summed E-state index contributed by atoms with van der Waals surface area (Å²) in [6.45, 7) is -1.50. The van der Waals surface area contributed by atoms with Gasteiger partial charge in [-0.1, -0.05) is 18.2 Å². The van der Waals surface area contributed by atoms with Crippen molar-refractivity contribution in [3.63, 3.8) is 0 Å². The highest BCUT2D eigenvalue weighted by Gasteiger charge is 2.54. The quantitative estimate of drug-likeness (QED) is 0.848. The summed E-state index contributed by atoms with van der Waals surface area (Å²) in [7, 11) is 0. The molecule has 4 nitrogen and oxygen atoms in total. The van der Waals surface area contributed by atoms with Gasteiger partial charge in [-0.2, -0.15) is 13.7 Å². The zero-order valence-corrected chi connectivity index (χ0v) is 14.3. The van der Waals surface area contributed by atoms with Crippen LogP contribution in [-0.2, 0) is 5.72 Å². The van der Waals surface area contributed by atoms with Crippen LogP contribution in [0.1, 0.15) is 24.8 Å². The molecule has 2 aliphatic heterocycles. The second-order valence-corrected chi connectivity index (χ2v) is 6.69. The van der Waals surface area contributed by atoms with E-state index < -0.39 is 12.3 Å². The molecule has 0 unspecified atom stereocenters. The van der Waals surface area contributed by atoms with Gasteiger partial charge in [-0.05, 0) is 49.2 Å². The second kappa shape index (κ2) is 6.68. The van der Waals surface area contributed by atoms with Crippen LogP contribution in [-0.4, -0.2) is 35.2 Å². The monoisotopic (exact) mass is 359 g/mol. The maximum atomic E-state index is 12.4. The molecule has 1 N–H and O–H groups in total. The third-order valence-corrected chi connectivity index (χ3v) is 5.04. The Balaban J connectivity index is 1.73. The third-order valence-electron chi connectivity index (χ3n) is 5.04. The van der Waals surface area contributed by atoms with Gasteiger partial charge in [-0.3, -0.25) is 4.58 Å². The number of anilines is 1. The van der Waals surface area contributed by atoms with Crippen LogP contribution >= 0.6 is 0 Å². The highest BCUT2D eigenvalue weighted by Crippen LogP contribution is 2.38. The largest absolute Gasteiger partial charge is 0.435 e. The van der Waals surface area contributed by atoms with Crippen LogP contribution in [0.15, 0.2) is 54.6 Å². The number of para-hydroxylation sites is 1. The van der Waals surface area contributed by atoms with Gasteiger partial charge in [0.2, 0.25) is 0 Å². The number of alkyl halides is 2. The molecule has 0 bridgehead atoms. The third kappa shape index (κ3) is 2.94. The number of rotatable bonds is 4. The standard InChI is InChI=1S/C20H21F2N2O2/c21-19(22)26-17-11-9-15(10-12-17)20(25)14-23-13-5-4-8-18(23)24(20)16-6-2-1-3-7-16/h1-3,6-7,9-12,19,25H,4-5,8,13-14H2/q+1/t20-/m1/s1. The second-order valence-electron chi connectivity index (χ2n) is 6.69. The molecule has 1 atom stereocenters. The molecule has 0 radical (unpaired) electrons. The molecule has 2 aromatic rings. The fourth-order valence-corrected chi connectivity index (χ4v) is 3.91. The van der Waals surface area contributed by atoms with E-state index >= 15 is 0 Å². The molecule has 0 amide bonds. The van der Waals surface area contributed by atoms with Crippen LogP contribution in [0, 0.1) is 0 Å². The maximum Gasteiger partial charge on any atom is 0.387 e.